The number of benzene rings is 1. The molecule has 168 valence electrons. The molecule has 1 amide bonds. The van der Waals surface area contributed by atoms with Crippen LogP contribution in [0.5, 0.6) is 0 Å². The van der Waals surface area contributed by atoms with Crippen molar-refractivity contribution in [2.75, 3.05) is 31.7 Å². The Morgan fingerprint density at radius 2 is 1.50 bits per heavy atom. The number of nitrogens with one attached hydrogen (secondary N) is 1. The van der Waals surface area contributed by atoms with Crippen LogP contribution in [-0.4, -0.2) is 44.9 Å². The molecule has 2 saturated heterocycles. The van der Waals surface area contributed by atoms with E-state index in [2.05, 4.69) is 5.32 Å². The van der Waals surface area contributed by atoms with E-state index in [0.717, 1.165) is 63.0 Å². The molecule has 6 nitrogen and oxygen atoms in total. The lowest BCUT2D eigenvalue weighted by molar-refractivity contribution is -0.170. The Morgan fingerprint density at radius 1 is 0.933 bits per heavy atom. The predicted molar refractivity (Wildman–Crippen MR) is 116 cm³/mol. The summed E-state index contributed by atoms with van der Waals surface area (Å²) >= 11 is 0. The lowest BCUT2D eigenvalue weighted by atomic mass is 9.76. The lowest BCUT2D eigenvalue weighted by Gasteiger charge is -2.30. The molecule has 1 N–H and O–H groups in total. The molecule has 2 atom stereocenters. The van der Waals surface area contributed by atoms with Crippen LogP contribution in [0.1, 0.15) is 70.8 Å². The molecule has 0 aromatic heterocycles. The van der Waals surface area contributed by atoms with E-state index in [4.69, 9.17) is 18.9 Å². The van der Waals surface area contributed by atoms with Gasteiger partial charge in [-0.25, -0.2) is 0 Å². The topological polar surface area (TPSA) is 66.0 Å². The SMILES string of the molecule is CC.O=C1Nc2ccccc2C1(CCOC1CCCCO1)CCOC1CCCCO1. The summed E-state index contributed by atoms with van der Waals surface area (Å²) in [6.45, 7) is 6.50. The fourth-order valence-electron chi connectivity index (χ4n) is 4.41. The van der Waals surface area contributed by atoms with Gasteiger partial charge in [-0.05, 0) is 63.0 Å². The van der Waals surface area contributed by atoms with Crippen LogP contribution >= 0.6 is 0 Å². The molecule has 1 aromatic carbocycles. The first kappa shape index (κ1) is 23.2. The minimum Gasteiger partial charge on any atom is -0.353 e. The van der Waals surface area contributed by atoms with Crippen molar-refractivity contribution in [3.05, 3.63) is 29.8 Å². The Bertz CT molecular complexity index is 629. The van der Waals surface area contributed by atoms with Gasteiger partial charge >= 0.3 is 0 Å². The second kappa shape index (κ2) is 11.8. The van der Waals surface area contributed by atoms with E-state index in [1.807, 2.05) is 38.1 Å². The van der Waals surface area contributed by atoms with E-state index in [1.165, 1.54) is 0 Å². The number of ether oxygens (including phenoxy) is 4. The van der Waals surface area contributed by atoms with Crippen molar-refractivity contribution >= 4 is 11.6 Å². The molecule has 30 heavy (non-hydrogen) atoms. The van der Waals surface area contributed by atoms with Crippen molar-refractivity contribution in [2.24, 2.45) is 0 Å². The minimum absolute atomic E-state index is 0.0371. The second-order valence-electron chi connectivity index (χ2n) is 7.92. The Labute approximate surface area is 180 Å². The highest BCUT2D eigenvalue weighted by atomic mass is 16.7. The van der Waals surface area contributed by atoms with Crippen LogP contribution in [0.3, 0.4) is 0 Å². The van der Waals surface area contributed by atoms with Gasteiger partial charge in [0.05, 0.1) is 18.6 Å². The third-order valence-corrected chi connectivity index (χ3v) is 6.07. The van der Waals surface area contributed by atoms with Gasteiger partial charge in [0, 0.05) is 18.9 Å². The van der Waals surface area contributed by atoms with Gasteiger partial charge in [0.1, 0.15) is 0 Å². The van der Waals surface area contributed by atoms with E-state index in [9.17, 15) is 4.79 Å². The zero-order valence-corrected chi connectivity index (χ0v) is 18.5. The van der Waals surface area contributed by atoms with Gasteiger partial charge in [0.15, 0.2) is 12.6 Å². The van der Waals surface area contributed by atoms with E-state index < -0.39 is 5.41 Å². The molecule has 0 spiro atoms. The average molecular weight is 420 g/mol. The van der Waals surface area contributed by atoms with E-state index in [-0.39, 0.29) is 18.5 Å². The van der Waals surface area contributed by atoms with Crippen molar-refractivity contribution in [3.63, 3.8) is 0 Å². The number of hydrogen-bond acceptors (Lipinski definition) is 5. The molecule has 2 unspecified atom stereocenters. The maximum Gasteiger partial charge on any atom is 0.235 e. The van der Waals surface area contributed by atoms with Crippen molar-refractivity contribution in [3.8, 4) is 0 Å². The number of carbonyl (C=O) groups is 1. The molecule has 0 aliphatic carbocycles. The number of para-hydroxylation sites is 1. The van der Waals surface area contributed by atoms with Crippen molar-refractivity contribution in [2.45, 2.75) is 83.2 Å². The quantitative estimate of drug-likeness (QED) is 0.657. The first-order chi connectivity index (χ1) is 14.8. The van der Waals surface area contributed by atoms with Gasteiger partial charge in [0.2, 0.25) is 5.91 Å². The van der Waals surface area contributed by atoms with E-state index in [0.29, 0.717) is 26.1 Å². The Balaban J connectivity index is 0.00000124. The highest BCUT2D eigenvalue weighted by molar-refractivity contribution is 6.06. The summed E-state index contributed by atoms with van der Waals surface area (Å²) in [6, 6.07) is 7.95. The molecule has 6 heteroatoms. The first-order valence-electron chi connectivity index (χ1n) is 11.7. The minimum atomic E-state index is -0.625. The van der Waals surface area contributed by atoms with Crippen LogP contribution in [0.25, 0.3) is 0 Å². The molecule has 0 radical (unpaired) electrons. The number of anilines is 1. The van der Waals surface area contributed by atoms with Crippen LogP contribution in [0, 0.1) is 0 Å². The maximum atomic E-state index is 13.0. The van der Waals surface area contributed by atoms with Gasteiger partial charge in [-0.2, -0.15) is 0 Å². The monoisotopic (exact) mass is 419 g/mol. The van der Waals surface area contributed by atoms with Gasteiger partial charge in [-0.1, -0.05) is 32.0 Å². The Morgan fingerprint density at radius 3 is 2.03 bits per heavy atom. The number of rotatable bonds is 8. The molecular weight excluding hydrogens is 382 g/mol. The van der Waals surface area contributed by atoms with Gasteiger partial charge in [0.25, 0.3) is 0 Å². The van der Waals surface area contributed by atoms with Crippen LogP contribution in [-0.2, 0) is 29.2 Å². The fourth-order valence-corrected chi connectivity index (χ4v) is 4.41. The second-order valence-corrected chi connectivity index (χ2v) is 7.92. The summed E-state index contributed by atoms with van der Waals surface area (Å²) in [5.41, 5.74) is 1.32. The highest BCUT2D eigenvalue weighted by Crippen LogP contribution is 2.43. The summed E-state index contributed by atoms with van der Waals surface area (Å²) in [7, 11) is 0. The summed E-state index contributed by atoms with van der Waals surface area (Å²) in [6.07, 6.45) is 7.27. The number of carbonyl (C=O) groups excluding carboxylic acids is 1. The summed E-state index contributed by atoms with van der Waals surface area (Å²) in [4.78, 5) is 13.0. The van der Waals surface area contributed by atoms with Crippen LogP contribution in [0.2, 0.25) is 0 Å². The summed E-state index contributed by atoms with van der Waals surface area (Å²) in [5.74, 6) is 0.0371. The molecule has 4 rings (SSSR count). The normalized spacial score (nSPS) is 28.3. The van der Waals surface area contributed by atoms with Crippen molar-refractivity contribution < 1.29 is 23.7 Å². The maximum absolute atomic E-state index is 13.0. The zero-order chi connectivity index (χ0) is 21.2. The molecule has 1 aromatic rings. The van der Waals surface area contributed by atoms with Crippen LogP contribution in [0.15, 0.2) is 24.3 Å². The smallest absolute Gasteiger partial charge is 0.235 e. The standard InChI is InChI=1S/C22H31NO5.C2H6/c24-21-22(17-7-1-2-8-18(17)23-21,11-15-27-19-9-3-5-13-25-19)12-16-28-20-10-4-6-14-26-20;1-2/h1-2,7-8,19-20H,3-6,9-16H2,(H,23,24);1-2H3. The first-order valence-corrected chi connectivity index (χ1v) is 11.7. The van der Waals surface area contributed by atoms with Crippen molar-refractivity contribution in [1.29, 1.82) is 0 Å². The molecule has 2 fully saturated rings. The molecule has 0 saturated carbocycles. The lowest BCUT2D eigenvalue weighted by Crippen LogP contribution is -2.38. The van der Waals surface area contributed by atoms with E-state index in [1.54, 1.807) is 0 Å². The van der Waals surface area contributed by atoms with Crippen LogP contribution in [0.4, 0.5) is 5.69 Å². The molecule has 3 heterocycles. The molecule has 3 aliphatic rings. The van der Waals surface area contributed by atoms with Crippen molar-refractivity contribution in [1.82, 2.24) is 0 Å². The fraction of sp³-hybridized carbons (Fsp3) is 0.708. The zero-order valence-electron chi connectivity index (χ0n) is 18.5. The Kier molecular flexibility index (Phi) is 9.12. The van der Waals surface area contributed by atoms with Gasteiger partial charge in [-0.3, -0.25) is 4.79 Å². The molecular formula is C24H37NO5. The molecule has 3 aliphatic heterocycles. The number of hydrogen-bond donors (Lipinski definition) is 1. The summed E-state index contributed by atoms with van der Waals surface area (Å²) < 4.78 is 23.3. The predicted octanol–water partition coefficient (Wildman–Crippen LogP) is 4.77. The summed E-state index contributed by atoms with van der Waals surface area (Å²) in [5, 5.41) is 3.05. The number of fused-ring (bicyclic) bond motifs is 1. The third-order valence-electron chi connectivity index (χ3n) is 6.07. The largest absolute Gasteiger partial charge is 0.353 e. The number of amides is 1. The average Bonchev–Trinajstić information content (AvgIpc) is 3.08. The van der Waals surface area contributed by atoms with Gasteiger partial charge < -0.3 is 24.3 Å². The third kappa shape index (κ3) is 5.61. The highest BCUT2D eigenvalue weighted by Gasteiger charge is 2.46. The Hall–Kier alpha value is -1.47. The van der Waals surface area contributed by atoms with Crippen LogP contribution < -0.4 is 5.32 Å². The van der Waals surface area contributed by atoms with E-state index >= 15 is 0 Å². The van der Waals surface area contributed by atoms with Gasteiger partial charge in [-0.15, -0.1) is 0 Å². The molecule has 0 bridgehead atoms.